The number of rotatable bonds is 0. The Morgan fingerprint density at radius 1 is 0.457 bits per heavy atom. The third-order valence-electron chi connectivity index (χ3n) is 10.2. The van der Waals surface area contributed by atoms with Crippen molar-refractivity contribution in [3.05, 3.63) is 155 Å². The Morgan fingerprint density at radius 2 is 0.957 bits per heavy atom. The first kappa shape index (κ1) is 28.7. The van der Waals surface area contributed by atoms with Crippen LogP contribution >= 0.6 is 0 Å². The average molecular weight is 679 g/mol. The molecule has 3 heteroatoms. The van der Waals surface area contributed by atoms with E-state index in [-0.39, 0.29) is 25.6 Å². The van der Waals surface area contributed by atoms with Crippen LogP contribution in [0.1, 0.15) is 34.7 Å². The van der Waals surface area contributed by atoms with Gasteiger partial charge in [0.05, 0.1) is 17.1 Å². The Hall–Kier alpha value is -4.72. The van der Waals surface area contributed by atoms with E-state index in [1.165, 1.54) is 89.5 Å². The fourth-order valence-corrected chi connectivity index (χ4v) is 8.02. The van der Waals surface area contributed by atoms with E-state index in [1.54, 1.807) is 0 Å². The summed E-state index contributed by atoms with van der Waals surface area (Å²) in [7, 11) is 0. The molecule has 223 valence electrons. The van der Waals surface area contributed by atoms with E-state index in [1.807, 2.05) is 0 Å². The van der Waals surface area contributed by atoms with Crippen LogP contribution < -0.4 is 9.80 Å². The summed E-state index contributed by atoms with van der Waals surface area (Å²) in [5.41, 5.74) is 21.3. The number of para-hydroxylation sites is 1. The molecule has 0 spiro atoms. The molecule has 3 aliphatic rings. The largest absolute Gasteiger partial charge is 1.00 e. The molecule has 0 saturated heterocycles. The maximum atomic E-state index is 3.67. The van der Waals surface area contributed by atoms with Crippen LogP contribution in [-0.2, 0) is 19.5 Å². The van der Waals surface area contributed by atoms with E-state index < -0.39 is 0 Å². The number of benzene rings is 6. The second-order valence-electron chi connectivity index (χ2n) is 12.5. The molecular formula is C43H33N2Ru. The Labute approximate surface area is 284 Å². The minimum Gasteiger partial charge on any atom is -0.326 e. The number of fused-ring (bicyclic) bond motifs is 16. The zero-order valence-electron chi connectivity index (χ0n) is 26.4. The van der Waals surface area contributed by atoms with Crippen LogP contribution in [0.25, 0.3) is 55.9 Å². The number of aryl methyl sites for hydroxylation is 2. The minimum atomic E-state index is 0. The van der Waals surface area contributed by atoms with Crippen LogP contribution in [0.4, 0.5) is 11.4 Å². The normalized spacial score (nSPS) is 15.3. The van der Waals surface area contributed by atoms with Crippen molar-refractivity contribution >= 4 is 22.8 Å². The summed E-state index contributed by atoms with van der Waals surface area (Å²) in [6.07, 6.45) is 0.00531. The van der Waals surface area contributed by atoms with E-state index >= 15 is 0 Å². The van der Waals surface area contributed by atoms with Gasteiger partial charge in [0.25, 0.3) is 0 Å². The predicted octanol–water partition coefficient (Wildman–Crippen LogP) is 10.9. The number of anilines is 2. The molecule has 6 aromatic carbocycles. The fourth-order valence-electron chi connectivity index (χ4n) is 8.02. The summed E-state index contributed by atoms with van der Waals surface area (Å²) in [6.45, 7) is 9.17. The van der Waals surface area contributed by atoms with Crippen LogP contribution in [0, 0.1) is 26.8 Å². The molecule has 9 rings (SSSR count). The third kappa shape index (κ3) is 3.85. The molecular weight excluding hydrogens is 646 g/mol. The predicted molar refractivity (Wildman–Crippen MR) is 189 cm³/mol. The van der Waals surface area contributed by atoms with Gasteiger partial charge in [-0.3, -0.25) is 0 Å². The zero-order chi connectivity index (χ0) is 30.4. The molecule has 0 bridgehead atoms. The number of nitrogens with zero attached hydrogens (tertiary/aromatic N) is 2. The van der Waals surface area contributed by atoms with Crippen molar-refractivity contribution in [2.24, 2.45) is 0 Å². The van der Waals surface area contributed by atoms with Crippen molar-refractivity contribution in [3.63, 3.8) is 0 Å². The van der Waals surface area contributed by atoms with Gasteiger partial charge >= 0.3 is 19.5 Å². The van der Waals surface area contributed by atoms with Gasteiger partial charge in [-0.1, -0.05) is 114 Å². The monoisotopic (exact) mass is 679 g/mol. The molecule has 0 unspecified atom stereocenters. The van der Waals surface area contributed by atoms with Gasteiger partial charge in [0.15, 0.2) is 0 Å². The summed E-state index contributed by atoms with van der Waals surface area (Å²) < 4.78 is 0. The maximum Gasteiger partial charge on any atom is 1.00 e. The molecule has 0 saturated carbocycles. The molecule has 0 aliphatic carbocycles. The van der Waals surface area contributed by atoms with Gasteiger partial charge < -0.3 is 9.80 Å². The maximum absolute atomic E-state index is 3.67. The van der Waals surface area contributed by atoms with E-state index in [2.05, 4.69) is 165 Å². The smallest absolute Gasteiger partial charge is 0.326 e. The van der Waals surface area contributed by atoms with Crippen molar-refractivity contribution in [1.29, 1.82) is 0 Å². The van der Waals surface area contributed by atoms with Gasteiger partial charge in [-0.05, 0) is 66.6 Å². The molecule has 2 nitrogen and oxygen atoms in total. The second-order valence-corrected chi connectivity index (χ2v) is 12.5. The summed E-state index contributed by atoms with van der Waals surface area (Å²) in [5, 5.41) is 0. The fraction of sp³-hybridized carbons (Fsp3) is 0.116. The first-order valence-corrected chi connectivity index (χ1v) is 15.9. The van der Waals surface area contributed by atoms with Gasteiger partial charge in [-0.25, -0.2) is 0 Å². The topological polar surface area (TPSA) is 6.48 Å². The van der Waals surface area contributed by atoms with Crippen molar-refractivity contribution in [2.75, 3.05) is 9.80 Å². The van der Waals surface area contributed by atoms with Gasteiger partial charge in [-0.15, -0.1) is 35.4 Å². The van der Waals surface area contributed by atoms with Crippen LogP contribution in [0.2, 0.25) is 0 Å². The summed E-state index contributed by atoms with van der Waals surface area (Å²) in [4.78, 5) is 5.27. The molecule has 0 N–H and O–H groups in total. The van der Waals surface area contributed by atoms with Crippen molar-refractivity contribution in [1.82, 2.24) is 0 Å². The standard InChI is InChI=1S/C43H33N2.Ru/c1-26-24-25-39-35-20-8-6-16-31(35)34-19-10-12-22-38(34)43-42-37-21-11-9-18-33(37)30-15-5-7-17-32(30)36-23-13-14-27(2)40(36)44(42)29(4)45(43)41(39)28(26)3;/h5-19,21-25,29H,1-4H3;/q-1;+1/t29-;/m1./s1. The van der Waals surface area contributed by atoms with Crippen LogP contribution in [-0.4, -0.2) is 6.17 Å². The van der Waals surface area contributed by atoms with E-state index in [4.69, 9.17) is 0 Å². The molecule has 6 aromatic rings. The van der Waals surface area contributed by atoms with Crippen LogP contribution in [0.15, 0.2) is 121 Å². The molecule has 0 amide bonds. The van der Waals surface area contributed by atoms with Gasteiger partial charge in [0.2, 0.25) is 0 Å². The van der Waals surface area contributed by atoms with E-state index in [0.29, 0.717) is 0 Å². The Balaban J connectivity index is 0.00000312. The van der Waals surface area contributed by atoms with Gasteiger partial charge in [0.1, 0.15) is 6.17 Å². The first-order valence-electron chi connectivity index (χ1n) is 15.9. The van der Waals surface area contributed by atoms with E-state index in [9.17, 15) is 0 Å². The summed E-state index contributed by atoms with van der Waals surface area (Å²) >= 11 is 0. The van der Waals surface area contributed by atoms with E-state index in [0.717, 1.165) is 5.56 Å². The second kappa shape index (κ2) is 10.7. The molecule has 0 aromatic heterocycles. The van der Waals surface area contributed by atoms with Gasteiger partial charge in [-0.2, -0.15) is 0 Å². The average Bonchev–Trinajstić information content (AvgIpc) is 3.35. The molecule has 1 atom stereocenters. The molecule has 1 radical (unpaired) electrons. The van der Waals surface area contributed by atoms with Gasteiger partial charge in [0, 0.05) is 16.8 Å². The molecule has 46 heavy (non-hydrogen) atoms. The Kier molecular flexibility index (Phi) is 6.67. The molecule has 3 aliphatic heterocycles. The zero-order valence-corrected chi connectivity index (χ0v) is 28.1. The van der Waals surface area contributed by atoms with Crippen molar-refractivity contribution < 1.29 is 19.5 Å². The molecule has 0 fully saturated rings. The summed E-state index contributed by atoms with van der Waals surface area (Å²) in [6, 6.07) is 48.4. The first-order chi connectivity index (χ1) is 22.0. The summed E-state index contributed by atoms with van der Waals surface area (Å²) in [5.74, 6) is 0. The number of hydrogen-bond acceptors (Lipinski definition) is 2. The Morgan fingerprint density at radius 3 is 1.61 bits per heavy atom. The third-order valence-corrected chi connectivity index (χ3v) is 10.2. The van der Waals surface area contributed by atoms with Crippen LogP contribution in [0.3, 0.4) is 0 Å². The minimum absolute atomic E-state index is 0. The Bertz CT molecular complexity index is 2240. The number of hydrogen-bond donors (Lipinski definition) is 0. The van der Waals surface area contributed by atoms with Crippen molar-refractivity contribution in [3.8, 4) is 44.5 Å². The van der Waals surface area contributed by atoms with Crippen LogP contribution in [0.5, 0.6) is 0 Å². The van der Waals surface area contributed by atoms with Crippen molar-refractivity contribution in [2.45, 2.75) is 33.9 Å². The quantitative estimate of drug-likeness (QED) is 0.117. The SMILES string of the molecule is Cc1ccc2c(c1C)N1C(=C3c4ccccc4-c4ccccc4-c4cccc(C)c4N3[C@H]1C)c1ccccc1-c1ccc[c-]c1-2.[Ru+]. The molecule has 3 heterocycles.